The first-order valence-electron chi connectivity index (χ1n) is 7.94. The Bertz CT molecular complexity index is 903. The first-order chi connectivity index (χ1) is 12.4. The van der Waals surface area contributed by atoms with Gasteiger partial charge in [0.25, 0.3) is 0 Å². The van der Waals surface area contributed by atoms with Crippen molar-refractivity contribution in [2.24, 2.45) is 0 Å². The molecule has 9 nitrogen and oxygen atoms in total. The van der Waals surface area contributed by atoms with Crippen LogP contribution in [0.25, 0.3) is 0 Å². The van der Waals surface area contributed by atoms with Gasteiger partial charge in [-0.25, -0.2) is 13.1 Å². The molecule has 1 aromatic carbocycles. The van der Waals surface area contributed by atoms with Crippen LogP contribution in [0.3, 0.4) is 0 Å². The third-order valence-corrected chi connectivity index (χ3v) is 5.51. The molecule has 2 N–H and O–H groups in total. The number of hydrogen-bond donors (Lipinski definition) is 2. The van der Waals surface area contributed by atoms with Gasteiger partial charge < -0.3 is 19.3 Å². The molecule has 140 valence electrons. The van der Waals surface area contributed by atoms with Crippen molar-refractivity contribution in [3.8, 4) is 11.5 Å². The number of carbonyl (C=O) groups excluding carboxylic acids is 1. The highest BCUT2D eigenvalue weighted by atomic mass is 32.2. The van der Waals surface area contributed by atoms with Gasteiger partial charge in [-0.1, -0.05) is 11.2 Å². The van der Waals surface area contributed by atoms with Crippen LogP contribution >= 0.6 is 0 Å². The minimum atomic E-state index is -3.76. The molecule has 3 rings (SSSR count). The maximum Gasteiger partial charge on any atom is 0.245 e. The number of hydrogen-bond acceptors (Lipinski definition) is 7. The number of sulfonamides is 1. The number of fused-ring (bicyclic) bond motifs is 1. The van der Waals surface area contributed by atoms with E-state index in [0.29, 0.717) is 18.0 Å². The topological polar surface area (TPSA) is 120 Å². The average Bonchev–Trinajstić information content (AvgIpc) is 3.18. The molecule has 10 heteroatoms. The predicted octanol–water partition coefficient (Wildman–Crippen LogP) is 1.00. The Morgan fingerprint density at radius 3 is 2.73 bits per heavy atom. The van der Waals surface area contributed by atoms with Crippen LogP contribution in [0.15, 0.2) is 27.6 Å². The molecular formula is C16H19N3O6S. The molecule has 0 bridgehead atoms. The standard InChI is InChI=1S/C16H19N3O6S/c1-10-16(11(2)25-19-10)26(21,22)18-6-5-15(20)17-8-12-3-4-13-14(7-12)24-9-23-13/h3-4,7,18H,5-6,8-9H2,1-2H3,(H,17,20). The summed E-state index contributed by atoms with van der Waals surface area (Å²) in [5.41, 5.74) is 1.14. The number of benzene rings is 1. The fourth-order valence-electron chi connectivity index (χ4n) is 2.57. The molecule has 26 heavy (non-hydrogen) atoms. The summed E-state index contributed by atoms with van der Waals surface area (Å²) in [5, 5.41) is 6.35. The minimum absolute atomic E-state index is 0.00710. The number of aryl methyl sites for hydroxylation is 2. The number of nitrogens with zero attached hydrogens (tertiary/aromatic N) is 1. The smallest absolute Gasteiger partial charge is 0.245 e. The van der Waals surface area contributed by atoms with Gasteiger partial charge in [0.15, 0.2) is 17.3 Å². The van der Waals surface area contributed by atoms with Crippen LogP contribution in [0, 0.1) is 13.8 Å². The molecule has 0 saturated heterocycles. The van der Waals surface area contributed by atoms with Gasteiger partial charge in [0.2, 0.25) is 22.7 Å². The predicted molar refractivity (Wildman–Crippen MR) is 90.2 cm³/mol. The van der Waals surface area contributed by atoms with E-state index in [4.69, 9.17) is 14.0 Å². The zero-order valence-electron chi connectivity index (χ0n) is 14.4. The first-order valence-corrected chi connectivity index (χ1v) is 9.43. The van der Waals surface area contributed by atoms with Crippen molar-refractivity contribution in [1.29, 1.82) is 0 Å². The highest BCUT2D eigenvalue weighted by Gasteiger charge is 2.23. The lowest BCUT2D eigenvalue weighted by atomic mass is 10.2. The molecule has 0 radical (unpaired) electrons. The molecular weight excluding hydrogens is 362 g/mol. The number of aromatic nitrogens is 1. The lowest BCUT2D eigenvalue weighted by molar-refractivity contribution is -0.121. The van der Waals surface area contributed by atoms with E-state index in [1.165, 1.54) is 6.92 Å². The molecule has 2 heterocycles. The summed E-state index contributed by atoms with van der Waals surface area (Å²) in [6.45, 7) is 3.54. The van der Waals surface area contributed by atoms with E-state index in [1.807, 2.05) is 6.07 Å². The Kier molecular flexibility index (Phi) is 5.14. The normalized spacial score (nSPS) is 13.0. The van der Waals surface area contributed by atoms with Crippen LogP contribution < -0.4 is 19.5 Å². The van der Waals surface area contributed by atoms with Gasteiger partial charge in [-0.05, 0) is 31.5 Å². The minimum Gasteiger partial charge on any atom is -0.454 e. The molecule has 1 aliphatic heterocycles. The molecule has 0 spiro atoms. The van der Waals surface area contributed by atoms with Crippen molar-refractivity contribution in [2.75, 3.05) is 13.3 Å². The molecule has 1 amide bonds. The monoisotopic (exact) mass is 381 g/mol. The lowest BCUT2D eigenvalue weighted by Crippen LogP contribution is -2.31. The Balaban J connectivity index is 1.47. The number of nitrogens with one attached hydrogen (secondary N) is 2. The Morgan fingerprint density at radius 1 is 1.23 bits per heavy atom. The lowest BCUT2D eigenvalue weighted by Gasteiger charge is -2.08. The van der Waals surface area contributed by atoms with Crippen LogP contribution in [-0.4, -0.2) is 32.8 Å². The van der Waals surface area contributed by atoms with E-state index in [2.05, 4.69) is 15.2 Å². The second kappa shape index (κ2) is 7.34. The van der Waals surface area contributed by atoms with Crippen LogP contribution in [-0.2, 0) is 21.4 Å². The van der Waals surface area contributed by atoms with Crippen molar-refractivity contribution in [2.45, 2.75) is 31.7 Å². The summed E-state index contributed by atoms with van der Waals surface area (Å²) in [6, 6.07) is 5.40. The summed E-state index contributed by atoms with van der Waals surface area (Å²) in [5.74, 6) is 1.25. The maximum absolute atomic E-state index is 12.2. The van der Waals surface area contributed by atoms with E-state index in [0.717, 1.165) is 5.56 Å². The van der Waals surface area contributed by atoms with Crippen molar-refractivity contribution in [1.82, 2.24) is 15.2 Å². The van der Waals surface area contributed by atoms with E-state index in [-0.39, 0.29) is 42.0 Å². The van der Waals surface area contributed by atoms with Crippen LogP contribution in [0.1, 0.15) is 23.4 Å². The van der Waals surface area contributed by atoms with Gasteiger partial charge in [-0.2, -0.15) is 0 Å². The molecule has 0 fully saturated rings. The van der Waals surface area contributed by atoms with Crippen molar-refractivity contribution < 1.29 is 27.2 Å². The van der Waals surface area contributed by atoms with E-state index < -0.39 is 10.0 Å². The van der Waals surface area contributed by atoms with Gasteiger partial charge in [-0.3, -0.25) is 4.79 Å². The van der Waals surface area contributed by atoms with Gasteiger partial charge in [0.05, 0.1) is 0 Å². The Hall–Kier alpha value is -2.59. The van der Waals surface area contributed by atoms with E-state index in [9.17, 15) is 13.2 Å². The molecule has 1 aliphatic rings. The van der Waals surface area contributed by atoms with E-state index >= 15 is 0 Å². The fourth-order valence-corrected chi connectivity index (χ4v) is 3.93. The summed E-state index contributed by atoms with van der Waals surface area (Å²) in [7, 11) is -3.76. The maximum atomic E-state index is 12.2. The number of carbonyl (C=O) groups is 1. The number of rotatable bonds is 7. The number of amides is 1. The second-order valence-corrected chi connectivity index (χ2v) is 7.47. The SMILES string of the molecule is Cc1noc(C)c1S(=O)(=O)NCCC(=O)NCc1ccc2c(c1)OCO2. The Labute approximate surface area is 150 Å². The van der Waals surface area contributed by atoms with Crippen LogP contribution in [0.5, 0.6) is 11.5 Å². The zero-order chi connectivity index (χ0) is 18.7. The fraction of sp³-hybridized carbons (Fsp3) is 0.375. The summed E-state index contributed by atoms with van der Waals surface area (Å²) >= 11 is 0. The first kappa shape index (κ1) is 18.2. The molecule has 0 unspecified atom stereocenters. The molecule has 2 aromatic rings. The Morgan fingerprint density at radius 2 is 2.00 bits per heavy atom. The number of ether oxygens (including phenoxy) is 2. The third kappa shape index (κ3) is 3.97. The second-order valence-electron chi connectivity index (χ2n) is 5.77. The van der Waals surface area contributed by atoms with Crippen molar-refractivity contribution in [3.63, 3.8) is 0 Å². The zero-order valence-corrected chi connectivity index (χ0v) is 15.2. The van der Waals surface area contributed by atoms with Crippen LogP contribution in [0.2, 0.25) is 0 Å². The average molecular weight is 381 g/mol. The summed E-state index contributed by atoms with van der Waals surface area (Å²) in [6.07, 6.45) is 0.00710. The molecule has 1 aromatic heterocycles. The summed E-state index contributed by atoms with van der Waals surface area (Å²) < 4.78 is 42.2. The summed E-state index contributed by atoms with van der Waals surface area (Å²) in [4.78, 5) is 11.9. The molecule has 0 aliphatic carbocycles. The van der Waals surface area contributed by atoms with Crippen molar-refractivity contribution in [3.05, 3.63) is 35.2 Å². The van der Waals surface area contributed by atoms with Gasteiger partial charge in [0.1, 0.15) is 10.6 Å². The molecule has 0 atom stereocenters. The van der Waals surface area contributed by atoms with Gasteiger partial charge in [0, 0.05) is 19.5 Å². The van der Waals surface area contributed by atoms with Gasteiger partial charge >= 0.3 is 0 Å². The third-order valence-electron chi connectivity index (χ3n) is 3.81. The molecule has 0 saturated carbocycles. The van der Waals surface area contributed by atoms with Crippen molar-refractivity contribution >= 4 is 15.9 Å². The van der Waals surface area contributed by atoms with E-state index in [1.54, 1.807) is 19.1 Å². The largest absolute Gasteiger partial charge is 0.454 e. The quantitative estimate of drug-likeness (QED) is 0.734. The highest BCUT2D eigenvalue weighted by molar-refractivity contribution is 7.89. The highest BCUT2D eigenvalue weighted by Crippen LogP contribution is 2.32. The van der Waals surface area contributed by atoms with Gasteiger partial charge in [-0.15, -0.1) is 0 Å². The van der Waals surface area contributed by atoms with Crippen LogP contribution in [0.4, 0.5) is 0 Å².